The number of hydrogen-bond donors (Lipinski definition) is 2. The fourth-order valence-electron chi connectivity index (χ4n) is 1.32. The number of pyridine rings is 1. The van der Waals surface area contributed by atoms with Crippen LogP contribution in [0.15, 0.2) is 18.3 Å². The molecular formula is C11H13N3O2. The van der Waals surface area contributed by atoms with Gasteiger partial charge in [-0.2, -0.15) is 0 Å². The Morgan fingerprint density at radius 1 is 1.38 bits per heavy atom. The Bertz CT molecular complexity index is 427. The number of nitrogens with zero attached hydrogens (tertiary/aromatic N) is 1. The van der Waals surface area contributed by atoms with E-state index < -0.39 is 0 Å². The molecule has 0 aliphatic heterocycles. The first-order valence-electron chi connectivity index (χ1n) is 5.19. The molecule has 0 unspecified atom stereocenters. The van der Waals surface area contributed by atoms with Gasteiger partial charge < -0.3 is 10.6 Å². The van der Waals surface area contributed by atoms with Gasteiger partial charge in [-0.05, 0) is 25.0 Å². The van der Waals surface area contributed by atoms with Crippen molar-refractivity contribution in [1.29, 1.82) is 0 Å². The minimum Gasteiger partial charge on any atom is -0.354 e. The zero-order valence-corrected chi connectivity index (χ0v) is 8.99. The summed E-state index contributed by atoms with van der Waals surface area (Å²) in [5.41, 5.74) is 0.728. The average molecular weight is 219 g/mol. The number of carbonyl (C=O) groups excluding carboxylic acids is 2. The van der Waals surface area contributed by atoms with Gasteiger partial charge in [0.25, 0.3) is 11.8 Å². The van der Waals surface area contributed by atoms with E-state index in [9.17, 15) is 9.59 Å². The van der Waals surface area contributed by atoms with Gasteiger partial charge in [0.05, 0.1) is 0 Å². The lowest BCUT2D eigenvalue weighted by Crippen LogP contribution is -2.26. The van der Waals surface area contributed by atoms with E-state index in [4.69, 9.17) is 0 Å². The molecule has 0 aromatic carbocycles. The topological polar surface area (TPSA) is 71.1 Å². The maximum absolute atomic E-state index is 11.7. The highest BCUT2D eigenvalue weighted by molar-refractivity contribution is 5.98. The lowest BCUT2D eigenvalue weighted by molar-refractivity contribution is 0.0951. The molecule has 2 rings (SSSR count). The molecule has 1 saturated carbocycles. The van der Waals surface area contributed by atoms with Crippen LogP contribution in [0, 0.1) is 0 Å². The second-order valence-corrected chi connectivity index (χ2v) is 3.76. The first-order chi connectivity index (χ1) is 7.70. The molecule has 1 heterocycles. The van der Waals surface area contributed by atoms with E-state index >= 15 is 0 Å². The number of amides is 2. The summed E-state index contributed by atoms with van der Waals surface area (Å²) < 4.78 is 0. The van der Waals surface area contributed by atoms with Crippen LogP contribution in [-0.4, -0.2) is 29.9 Å². The van der Waals surface area contributed by atoms with Gasteiger partial charge in [-0.25, -0.2) is 0 Å². The smallest absolute Gasteiger partial charge is 0.269 e. The minimum absolute atomic E-state index is 0.143. The van der Waals surface area contributed by atoms with Crippen molar-refractivity contribution in [3.63, 3.8) is 0 Å². The molecule has 2 N–H and O–H groups in total. The zero-order valence-electron chi connectivity index (χ0n) is 8.99. The maximum atomic E-state index is 11.7. The Hall–Kier alpha value is -1.91. The molecule has 0 atom stereocenters. The summed E-state index contributed by atoms with van der Waals surface area (Å²) in [4.78, 5) is 26.9. The molecule has 0 radical (unpaired) electrons. The van der Waals surface area contributed by atoms with E-state index in [1.165, 1.54) is 19.3 Å². The van der Waals surface area contributed by atoms with E-state index in [1.54, 1.807) is 6.07 Å². The summed E-state index contributed by atoms with van der Waals surface area (Å²) in [6.45, 7) is 0. The fraction of sp³-hybridized carbons (Fsp3) is 0.364. The predicted octanol–water partition coefficient (Wildman–Crippen LogP) is 0.333. The van der Waals surface area contributed by atoms with E-state index in [1.807, 2.05) is 0 Å². The molecule has 0 spiro atoms. The van der Waals surface area contributed by atoms with Gasteiger partial charge in [-0.15, -0.1) is 0 Å². The van der Waals surface area contributed by atoms with Gasteiger partial charge in [-0.1, -0.05) is 0 Å². The molecule has 16 heavy (non-hydrogen) atoms. The van der Waals surface area contributed by atoms with Crippen LogP contribution in [0.25, 0.3) is 0 Å². The second-order valence-electron chi connectivity index (χ2n) is 3.76. The largest absolute Gasteiger partial charge is 0.354 e. The molecule has 1 aliphatic carbocycles. The number of rotatable bonds is 3. The van der Waals surface area contributed by atoms with Crippen molar-refractivity contribution in [2.75, 3.05) is 7.05 Å². The number of aromatic nitrogens is 1. The maximum Gasteiger partial charge on any atom is 0.269 e. The Labute approximate surface area is 93.3 Å². The zero-order chi connectivity index (χ0) is 11.5. The third-order valence-corrected chi connectivity index (χ3v) is 2.39. The molecule has 1 fully saturated rings. The van der Waals surface area contributed by atoms with Gasteiger partial charge in [0.2, 0.25) is 0 Å². The highest BCUT2D eigenvalue weighted by Crippen LogP contribution is 2.19. The van der Waals surface area contributed by atoms with Crippen molar-refractivity contribution < 1.29 is 9.59 Å². The van der Waals surface area contributed by atoms with Gasteiger partial charge in [0, 0.05) is 24.8 Å². The monoisotopic (exact) mass is 219 g/mol. The number of hydrogen-bond acceptors (Lipinski definition) is 3. The summed E-state index contributed by atoms with van der Waals surface area (Å²) in [7, 11) is 1.53. The average Bonchev–Trinajstić information content (AvgIpc) is 3.12. The van der Waals surface area contributed by atoms with Gasteiger partial charge in [0.1, 0.15) is 5.69 Å². The normalized spacial score (nSPS) is 14.3. The van der Waals surface area contributed by atoms with Gasteiger partial charge in [0.15, 0.2) is 0 Å². The molecule has 84 valence electrons. The highest BCUT2D eigenvalue weighted by atomic mass is 16.2. The van der Waals surface area contributed by atoms with Crippen molar-refractivity contribution >= 4 is 11.8 Å². The van der Waals surface area contributed by atoms with Crippen LogP contribution in [0.4, 0.5) is 0 Å². The first kappa shape index (κ1) is 10.6. The molecule has 1 aliphatic rings. The molecule has 0 bridgehead atoms. The fourth-order valence-corrected chi connectivity index (χ4v) is 1.32. The van der Waals surface area contributed by atoms with Gasteiger partial charge >= 0.3 is 0 Å². The predicted molar refractivity (Wildman–Crippen MR) is 58.1 cm³/mol. The summed E-state index contributed by atoms with van der Waals surface area (Å²) in [5.74, 6) is -0.434. The third-order valence-electron chi connectivity index (χ3n) is 2.39. The van der Waals surface area contributed by atoms with Crippen LogP contribution < -0.4 is 10.6 Å². The number of nitrogens with one attached hydrogen (secondary N) is 2. The quantitative estimate of drug-likeness (QED) is 0.769. The molecular weight excluding hydrogens is 206 g/mol. The lowest BCUT2D eigenvalue weighted by Gasteiger charge is -2.04. The second kappa shape index (κ2) is 4.30. The first-order valence-corrected chi connectivity index (χ1v) is 5.19. The molecule has 0 saturated heterocycles. The van der Waals surface area contributed by atoms with Crippen LogP contribution in [0.3, 0.4) is 0 Å². The molecule has 2 amide bonds. The molecule has 1 aromatic heterocycles. The Morgan fingerprint density at radius 3 is 2.75 bits per heavy atom. The lowest BCUT2D eigenvalue weighted by atomic mass is 10.2. The van der Waals surface area contributed by atoms with E-state index in [0.29, 0.717) is 11.6 Å². The van der Waals surface area contributed by atoms with Crippen LogP contribution in [0.1, 0.15) is 33.7 Å². The minimum atomic E-state index is -0.291. The molecule has 5 nitrogen and oxygen atoms in total. The Morgan fingerprint density at radius 2 is 2.12 bits per heavy atom. The SMILES string of the molecule is CNC(=O)c1cc(C(=O)NC2CC2)ccn1. The van der Waals surface area contributed by atoms with Crippen molar-refractivity contribution in [2.24, 2.45) is 0 Å². The highest BCUT2D eigenvalue weighted by Gasteiger charge is 2.24. The summed E-state index contributed by atoms with van der Waals surface area (Å²) in [5, 5.41) is 5.32. The van der Waals surface area contributed by atoms with Crippen molar-refractivity contribution in [3.05, 3.63) is 29.6 Å². The Kier molecular flexibility index (Phi) is 2.85. The van der Waals surface area contributed by atoms with Crippen molar-refractivity contribution in [3.8, 4) is 0 Å². The van der Waals surface area contributed by atoms with E-state index in [-0.39, 0.29) is 17.5 Å². The van der Waals surface area contributed by atoms with Crippen LogP contribution in [-0.2, 0) is 0 Å². The van der Waals surface area contributed by atoms with Crippen LogP contribution in [0.5, 0.6) is 0 Å². The van der Waals surface area contributed by atoms with Crippen LogP contribution >= 0.6 is 0 Å². The van der Waals surface area contributed by atoms with Gasteiger partial charge in [-0.3, -0.25) is 14.6 Å². The van der Waals surface area contributed by atoms with E-state index in [2.05, 4.69) is 15.6 Å². The summed E-state index contributed by atoms with van der Waals surface area (Å²) in [6.07, 6.45) is 3.55. The molecule has 1 aromatic rings. The molecule has 5 heteroatoms. The van der Waals surface area contributed by atoms with Crippen LogP contribution in [0.2, 0.25) is 0 Å². The summed E-state index contributed by atoms with van der Waals surface area (Å²) >= 11 is 0. The summed E-state index contributed by atoms with van der Waals surface area (Å²) in [6, 6.07) is 3.41. The van der Waals surface area contributed by atoms with E-state index in [0.717, 1.165) is 12.8 Å². The Balaban J connectivity index is 2.14. The van der Waals surface area contributed by atoms with Crippen molar-refractivity contribution in [2.45, 2.75) is 18.9 Å². The van der Waals surface area contributed by atoms with Crippen molar-refractivity contribution in [1.82, 2.24) is 15.6 Å². The third kappa shape index (κ3) is 2.36. The standard InChI is InChI=1S/C11H13N3O2/c1-12-11(16)9-6-7(4-5-13-9)10(15)14-8-2-3-8/h4-6,8H,2-3H2,1H3,(H,12,16)(H,14,15). The number of carbonyl (C=O) groups is 2.